The van der Waals surface area contributed by atoms with E-state index in [4.69, 9.17) is 0 Å². The molecule has 0 spiro atoms. The number of benzene rings is 1. The van der Waals surface area contributed by atoms with E-state index in [9.17, 15) is 4.79 Å². The van der Waals surface area contributed by atoms with Crippen LogP contribution in [0.25, 0.3) is 11.1 Å². The molecule has 5 heteroatoms. The van der Waals surface area contributed by atoms with Crippen molar-refractivity contribution in [1.29, 1.82) is 0 Å². The first kappa shape index (κ1) is 16.9. The molecule has 0 saturated carbocycles. The lowest BCUT2D eigenvalue weighted by atomic mass is 9.98. The maximum absolute atomic E-state index is 11.6. The summed E-state index contributed by atoms with van der Waals surface area (Å²) >= 11 is 0. The fourth-order valence-electron chi connectivity index (χ4n) is 2.71. The highest BCUT2D eigenvalue weighted by Gasteiger charge is 2.07. The SMILES string of the molecule is CC(=O)c1ccc(C)c(-c2ccc(NCCCn3ccnc3)nc2)c1. The molecule has 2 aromatic heterocycles. The summed E-state index contributed by atoms with van der Waals surface area (Å²) in [7, 11) is 0. The fourth-order valence-corrected chi connectivity index (χ4v) is 2.71. The lowest BCUT2D eigenvalue weighted by molar-refractivity contribution is 0.101. The van der Waals surface area contributed by atoms with Crippen molar-refractivity contribution < 1.29 is 4.79 Å². The zero-order chi connectivity index (χ0) is 17.6. The Morgan fingerprint density at radius 2 is 2.12 bits per heavy atom. The van der Waals surface area contributed by atoms with Gasteiger partial charge in [0.05, 0.1) is 6.33 Å². The lowest BCUT2D eigenvalue weighted by Crippen LogP contribution is -2.06. The van der Waals surface area contributed by atoms with Crippen molar-refractivity contribution in [1.82, 2.24) is 14.5 Å². The number of ketones is 1. The van der Waals surface area contributed by atoms with Crippen LogP contribution in [0.5, 0.6) is 0 Å². The third-order valence-electron chi connectivity index (χ3n) is 4.18. The standard InChI is InChI=1S/C20H22N4O/c1-15-4-5-17(16(2)25)12-19(15)18-6-7-20(23-13-18)22-8-3-10-24-11-9-21-14-24/h4-7,9,11-14H,3,8,10H2,1-2H3,(H,22,23). The van der Waals surface area contributed by atoms with Crippen molar-refractivity contribution in [2.24, 2.45) is 0 Å². The molecule has 0 bridgehead atoms. The molecule has 3 rings (SSSR count). The first-order chi connectivity index (χ1) is 12.1. The van der Waals surface area contributed by atoms with Crippen LogP contribution in [0.15, 0.2) is 55.2 Å². The number of hydrogen-bond acceptors (Lipinski definition) is 4. The second-order valence-corrected chi connectivity index (χ2v) is 6.10. The summed E-state index contributed by atoms with van der Waals surface area (Å²) in [5.74, 6) is 0.931. The van der Waals surface area contributed by atoms with Crippen LogP contribution in [-0.2, 0) is 6.54 Å². The largest absolute Gasteiger partial charge is 0.370 e. The fraction of sp³-hybridized carbons (Fsp3) is 0.250. The van der Waals surface area contributed by atoms with Crippen molar-refractivity contribution >= 4 is 11.6 Å². The highest BCUT2D eigenvalue weighted by Crippen LogP contribution is 2.25. The van der Waals surface area contributed by atoms with Crippen LogP contribution < -0.4 is 5.32 Å². The first-order valence-electron chi connectivity index (χ1n) is 8.41. The maximum Gasteiger partial charge on any atom is 0.159 e. The molecule has 0 amide bonds. The predicted molar refractivity (Wildman–Crippen MR) is 99.7 cm³/mol. The molecule has 0 aliphatic carbocycles. The van der Waals surface area contributed by atoms with Gasteiger partial charge in [0.1, 0.15) is 5.82 Å². The summed E-state index contributed by atoms with van der Waals surface area (Å²) in [5, 5.41) is 3.33. The van der Waals surface area contributed by atoms with Crippen LogP contribution in [0.2, 0.25) is 0 Å². The number of pyridine rings is 1. The van der Waals surface area contributed by atoms with Gasteiger partial charge in [-0.1, -0.05) is 12.1 Å². The Bertz CT molecular complexity index is 839. The highest BCUT2D eigenvalue weighted by atomic mass is 16.1. The Hall–Kier alpha value is -2.95. The minimum atomic E-state index is 0.0744. The monoisotopic (exact) mass is 334 g/mol. The zero-order valence-corrected chi connectivity index (χ0v) is 14.6. The number of anilines is 1. The van der Waals surface area contributed by atoms with Gasteiger partial charge < -0.3 is 9.88 Å². The minimum absolute atomic E-state index is 0.0744. The lowest BCUT2D eigenvalue weighted by Gasteiger charge is -2.10. The minimum Gasteiger partial charge on any atom is -0.370 e. The quantitative estimate of drug-likeness (QED) is 0.525. The average molecular weight is 334 g/mol. The molecule has 3 aromatic rings. The third-order valence-corrected chi connectivity index (χ3v) is 4.18. The average Bonchev–Trinajstić information content (AvgIpc) is 3.13. The van der Waals surface area contributed by atoms with Crippen molar-refractivity contribution in [3.63, 3.8) is 0 Å². The second kappa shape index (κ2) is 7.75. The van der Waals surface area contributed by atoms with E-state index in [1.807, 2.05) is 56.0 Å². The van der Waals surface area contributed by atoms with E-state index in [2.05, 4.69) is 19.9 Å². The van der Waals surface area contributed by atoms with E-state index >= 15 is 0 Å². The molecule has 0 radical (unpaired) electrons. The summed E-state index contributed by atoms with van der Waals surface area (Å²) in [6.07, 6.45) is 8.43. The van der Waals surface area contributed by atoms with E-state index < -0.39 is 0 Å². The van der Waals surface area contributed by atoms with Gasteiger partial charge in [-0.05, 0) is 49.6 Å². The Balaban J connectivity index is 1.62. The van der Waals surface area contributed by atoms with Crippen molar-refractivity contribution in [2.45, 2.75) is 26.8 Å². The molecule has 1 aromatic carbocycles. The molecule has 0 saturated heterocycles. The smallest absolute Gasteiger partial charge is 0.159 e. The number of Topliss-reactive ketones (excluding diaryl/α,β-unsaturated/α-hetero) is 1. The van der Waals surface area contributed by atoms with Crippen LogP contribution in [0.4, 0.5) is 5.82 Å². The van der Waals surface area contributed by atoms with E-state index in [0.29, 0.717) is 0 Å². The zero-order valence-electron chi connectivity index (χ0n) is 14.6. The Morgan fingerprint density at radius 3 is 2.80 bits per heavy atom. The van der Waals surface area contributed by atoms with Gasteiger partial charge in [0.25, 0.3) is 0 Å². The highest BCUT2D eigenvalue weighted by molar-refractivity contribution is 5.95. The van der Waals surface area contributed by atoms with Gasteiger partial charge in [0.15, 0.2) is 5.78 Å². The molecular weight excluding hydrogens is 312 g/mol. The van der Waals surface area contributed by atoms with Gasteiger partial charge in [-0.25, -0.2) is 9.97 Å². The summed E-state index contributed by atoms with van der Waals surface area (Å²) in [5.41, 5.74) is 3.92. The van der Waals surface area contributed by atoms with Gasteiger partial charge in [-0.15, -0.1) is 0 Å². The van der Waals surface area contributed by atoms with Crippen LogP contribution in [-0.4, -0.2) is 26.9 Å². The number of carbonyl (C=O) groups is 1. The molecule has 2 heterocycles. The molecule has 128 valence electrons. The van der Waals surface area contributed by atoms with Gasteiger partial charge in [0, 0.05) is 42.8 Å². The number of aromatic nitrogens is 3. The number of rotatable bonds is 7. The predicted octanol–water partition coefficient (Wildman–Crippen LogP) is 3.96. The van der Waals surface area contributed by atoms with Crippen molar-refractivity contribution in [2.75, 3.05) is 11.9 Å². The normalized spacial score (nSPS) is 10.6. The first-order valence-corrected chi connectivity index (χ1v) is 8.41. The maximum atomic E-state index is 11.6. The number of imidazole rings is 1. The van der Waals surface area contributed by atoms with Crippen molar-refractivity contribution in [3.05, 3.63) is 66.4 Å². The Kier molecular flexibility index (Phi) is 5.23. The number of nitrogens with zero attached hydrogens (tertiary/aromatic N) is 3. The molecule has 5 nitrogen and oxygen atoms in total. The summed E-state index contributed by atoms with van der Waals surface area (Å²) in [4.78, 5) is 20.1. The van der Waals surface area contributed by atoms with Crippen LogP contribution in [0, 0.1) is 6.92 Å². The molecular formula is C20H22N4O. The molecule has 25 heavy (non-hydrogen) atoms. The van der Waals surface area contributed by atoms with E-state index in [0.717, 1.165) is 47.6 Å². The second-order valence-electron chi connectivity index (χ2n) is 6.10. The van der Waals surface area contributed by atoms with E-state index in [1.54, 1.807) is 13.1 Å². The summed E-state index contributed by atoms with van der Waals surface area (Å²) in [6, 6.07) is 9.80. The van der Waals surface area contributed by atoms with Gasteiger partial charge in [-0.3, -0.25) is 4.79 Å². The van der Waals surface area contributed by atoms with Crippen molar-refractivity contribution in [3.8, 4) is 11.1 Å². The van der Waals surface area contributed by atoms with E-state index in [-0.39, 0.29) is 5.78 Å². The summed E-state index contributed by atoms with van der Waals surface area (Å²) < 4.78 is 2.06. The van der Waals surface area contributed by atoms with Gasteiger partial charge in [-0.2, -0.15) is 0 Å². The van der Waals surface area contributed by atoms with E-state index in [1.165, 1.54) is 0 Å². The molecule has 0 atom stereocenters. The Morgan fingerprint density at radius 1 is 1.24 bits per heavy atom. The molecule has 0 fully saturated rings. The molecule has 0 aliphatic rings. The number of nitrogens with one attached hydrogen (secondary N) is 1. The molecule has 0 unspecified atom stereocenters. The van der Waals surface area contributed by atoms with Gasteiger partial charge in [0.2, 0.25) is 0 Å². The van der Waals surface area contributed by atoms with Crippen LogP contribution in [0.1, 0.15) is 29.3 Å². The van der Waals surface area contributed by atoms with Gasteiger partial charge >= 0.3 is 0 Å². The number of carbonyl (C=O) groups excluding carboxylic acids is 1. The van der Waals surface area contributed by atoms with Crippen LogP contribution >= 0.6 is 0 Å². The topological polar surface area (TPSA) is 59.8 Å². The van der Waals surface area contributed by atoms with Crippen LogP contribution in [0.3, 0.4) is 0 Å². The number of aryl methyl sites for hydroxylation is 2. The third kappa shape index (κ3) is 4.32. The summed E-state index contributed by atoms with van der Waals surface area (Å²) in [6.45, 7) is 5.41. The Labute approximate surface area is 147 Å². The number of hydrogen-bond donors (Lipinski definition) is 1. The molecule has 1 N–H and O–H groups in total. The molecule has 0 aliphatic heterocycles.